The zero-order valence-corrected chi connectivity index (χ0v) is 35.2. The molecule has 0 N–H and O–H groups in total. The van der Waals surface area contributed by atoms with E-state index in [0.717, 1.165) is 31.4 Å². The molecule has 2 amide bonds. The summed E-state index contributed by atoms with van der Waals surface area (Å²) in [6.07, 6.45) is 33.1. The van der Waals surface area contributed by atoms with E-state index in [1.54, 1.807) is 12.1 Å². The summed E-state index contributed by atoms with van der Waals surface area (Å²) in [4.78, 5) is 27.6. The molecule has 2 aromatic rings. The van der Waals surface area contributed by atoms with Crippen molar-refractivity contribution in [1.82, 2.24) is 4.90 Å². The SMILES string of the molecule is CCCCCCCCCCCCCCOc1ccc(C(=O)N(Cc2cccc[n+]2C)C(C)=O)cc1OCCCCCCCCCCCCCC.[I-]. The smallest absolute Gasteiger partial charge is 0.261 e. The zero-order chi connectivity index (χ0) is 36.1. The van der Waals surface area contributed by atoms with Gasteiger partial charge in [-0.3, -0.25) is 14.5 Å². The predicted molar refractivity (Wildman–Crippen MR) is 208 cm³/mol. The molecule has 51 heavy (non-hydrogen) atoms. The molecule has 1 heterocycles. The van der Waals surface area contributed by atoms with Crippen molar-refractivity contribution in [3.8, 4) is 11.5 Å². The Morgan fingerprint density at radius 3 is 1.45 bits per heavy atom. The topological polar surface area (TPSA) is 59.7 Å². The molecule has 0 aliphatic rings. The van der Waals surface area contributed by atoms with Crippen molar-refractivity contribution >= 4 is 11.8 Å². The molecule has 0 fully saturated rings. The van der Waals surface area contributed by atoms with E-state index in [1.807, 2.05) is 42.1 Å². The standard InChI is InChI=1S/C44H73N2O4.HI/c1-5-7-9-11-13-15-17-19-21-23-25-29-35-49-42-33-32-40(44(48)46(39(3)47)38-41-31-27-28-34-45(41)4)37-43(42)50-36-30-26-24-22-20-18-16-14-12-10-8-6-2;/h27-28,31-34,37H,5-26,29-30,35-36,38H2,1-4H3;1H/q+1;/p-1. The van der Waals surface area contributed by atoms with Crippen LogP contribution in [0.2, 0.25) is 0 Å². The first-order valence-electron chi connectivity index (χ1n) is 20.6. The minimum Gasteiger partial charge on any atom is -1.00 e. The number of hydrogen-bond acceptors (Lipinski definition) is 4. The normalized spacial score (nSPS) is 10.9. The molecule has 0 aliphatic heterocycles. The molecule has 0 saturated carbocycles. The molecular weight excluding hydrogens is 747 g/mol. The third kappa shape index (κ3) is 21.8. The maximum Gasteiger partial charge on any atom is 0.261 e. The van der Waals surface area contributed by atoms with Crippen LogP contribution in [0.5, 0.6) is 11.5 Å². The molecule has 0 radical (unpaired) electrons. The number of carbonyl (C=O) groups excluding carboxylic acids is 2. The molecule has 0 saturated heterocycles. The average Bonchev–Trinajstić information content (AvgIpc) is 3.11. The van der Waals surface area contributed by atoms with Crippen molar-refractivity contribution in [2.75, 3.05) is 13.2 Å². The van der Waals surface area contributed by atoms with Gasteiger partial charge in [0.05, 0.1) is 13.2 Å². The highest BCUT2D eigenvalue weighted by Crippen LogP contribution is 2.30. The van der Waals surface area contributed by atoms with Gasteiger partial charge in [-0.05, 0) is 31.0 Å². The fourth-order valence-electron chi connectivity index (χ4n) is 6.49. The molecule has 0 atom stereocenters. The van der Waals surface area contributed by atoms with E-state index in [2.05, 4.69) is 13.8 Å². The maximum absolute atomic E-state index is 13.6. The number of carbonyl (C=O) groups is 2. The zero-order valence-electron chi connectivity index (χ0n) is 33.0. The van der Waals surface area contributed by atoms with Crippen LogP contribution in [0.25, 0.3) is 0 Å². The first kappa shape index (κ1) is 46.9. The molecule has 0 bridgehead atoms. The van der Waals surface area contributed by atoms with Gasteiger partial charge in [-0.25, -0.2) is 4.57 Å². The molecule has 6 nitrogen and oxygen atoms in total. The number of pyridine rings is 1. The van der Waals surface area contributed by atoms with Crippen LogP contribution < -0.4 is 38.0 Å². The van der Waals surface area contributed by atoms with Crippen LogP contribution in [0.1, 0.15) is 191 Å². The lowest BCUT2D eigenvalue weighted by atomic mass is 10.1. The highest BCUT2D eigenvalue weighted by atomic mass is 127. The number of unbranched alkanes of at least 4 members (excludes halogenated alkanes) is 22. The van der Waals surface area contributed by atoms with Crippen molar-refractivity contribution in [3.63, 3.8) is 0 Å². The second kappa shape index (κ2) is 31.4. The van der Waals surface area contributed by atoms with Crippen molar-refractivity contribution in [2.45, 2.75) is 181 Å². The highest BCUT2D eigenvalue weighted by Gasteiger charge is 2.24. The number of rotatable bonds is 31. The fourth-order valence-corrected chi connectivity index (χ4v) is 6.49. The molecule has 290 valence electrons. The Kier molecular flexibility index (Phi) is 28.8. The fraction of sp³-hybridized carbons (Fsp3) is 0.705. The second-order valence-electron chi connectivity index (χ2n) is 14.3. The average molecular weight is 821 g/mol. The van der Waals surface area contributed by atoms with Gasteiger partial charge in [0.2, 0.25) is 11.6 Å². The quantitative estimate of drug-likeness (QED) is 0.0434. The first-order chi connectivity index (χ1) is 24.5. The van der Waals surface area contributed by atoms with Crippen LogP contribution in [-0.4, -0.2) is 29.9 Å². The van der Waals surface area contributed by atoms with E-state index in [-0.39, 0.29) is 42.3 Å². The summed E-state index contributed by atoms with van der Waals surface area (Å²) >= 11 is 0. The number of amides is 2. The molecule has 0 aliphatic carbocycles. The van der Waals surface area contributed by atoms with E-state index in [4.69, 9.17) is 9.47 Å². The van der Waals surface area contributed by atoms with Gasteiger partial charge in [0.25, 0.3) is 5.91 Å². The van der Waals surface area contributed by atoms with E-state index in [0.29, 0.717) is 30.3 Å². The van der Waals surface area contributed by atoms with E-state index in [9.17, 15) is 9.59 Å². The Labute approximate surface area is 329 Å². The van der Waals surface area contributed by atoms with Crippen LogP contribution in [0.4, 0.5) is 0 Å². The van der Waals surface area contributed by atoms with Crippen molar-refractivity contribution in [3.05, 3.63) is 53.9 Å². The summed E-state index contributed by atoms with van der Waals surface area (Å²) in [7, 11) is 1.92. The largest absolute Gasteiger partial charge is 1.00 e. The van der Waals surface area contributed by atoms with Gasteiger partial charge in [-0.1, -0.05) is 161 Å². The van der Waals surface area contributed by atoms with Crippen molar-refractivity contribution in [1.29, 1.82) is 0 Å². The minimum atomic E-state index is -0.330. The Balaban J connectivity index is 0.0000130. The Morgan fingerprint density at radius 2 is 1.02 bits per heavy atom. The number of halogens is 1. The Hall–Kier alpha value is -2.16. The molecule has 0 spiro atoms. The molecule has 0 unspecified atom stereocenters. The van der Waals surface area contributed by atoms with E-state index < -0.39 is 0 Å². The molecular formula is C44H73IN2O4. The lowest BCUT2D eigenvalue weighted by molar-refractivity contribution is -0.679. The number of aryl methyl sites for hydroxylation is 1. The number of nitrogens with zero attached hydrogens (tertiary/aromatic N) is 2. The van der Waals surface area contributed by atoms with Gasteiger partial charge >= 0.3 is 0 Å². The highest BCUT2D eigenvalue weighted by molar-refractivity contribution is 6.04. The molecule has 7 heteroatoms. The lowest BCUT2D eigenvalue weighted by Gasteiger charge is -2.19. The van der Waals surface area contributed by atoms with Crippen molar-refractivity contribution in [2.24, 2.45) is 7.05 Å². The Bertz CT molecular complexity index is 1170. The molecule has 2 rings (SSSR count). The van der Waals surface area contributed by atoms with Gasteiger partial charge in [0.15, 0.2) is 17.7 Å². The van der Waals surface area contributed by atoms with Crippen LogP contribution in [0.15, 0.2) is 42.6 Å². The Morgan fingerprint density at radius 1 is 0.588 bits per heavy atom. The number of imide groups is 1. The summed E-state index contributed by atoms with van der Waals surface area (Å²) < 4.78 is 14.4. The summed E-state index contributed by atoms with van der Waals surface area (Å²) in [5, 5.41) is 0. The van der Waals surface area contributed by atoms with Crippen molar-refractivity contribution < 1.29 is 47.6 Å². The third-order valence-corrected chi connectivity index (χ3v) is 9.81. The van der Waals surface area contributed by atoms with Crippen LogP contribution in [0, 0.1) is 0 Å². The van der Waals surface area contributed by atoms with Gasteiger partial charge in [-0.2, -0.15) is 0 Å². The number of ether oxygens (including phenoxy) is 2. The van der Waals surface area contributed by atoms with Gasteiger partial charge in [0, 0.05) is 24.6 Å². The van der Waals surface area contributed by atoms with E-state index >= 15 is 0 Å². The summed E-state index contributed by atoms with van der Waals surface area (Å²) in [6, 6.07) is 11.1. The van der Waals surface area contributed by atoms with E-state index in [1.165, 1.54) is 140 Å². The first-order valence-corrected chi connectivity index (χ1v) is 20.6. The second-order valence-corrected chi connectivity index (χ2v) is 14.3. The third-order valence-electron chi connectivity index (χ3n) is 9.81. The predicted octanol–water partition coefficient (Wildman–Crippen LogP) is 8.86. The molecule has 1 aromatic carbocycles. The van der Waals surface area contributed by atoms with Gasteiger partial charge in [-0.15, -0.1) is 0 Å². The van der Waals surface area contributed by atoms with Crippen LogP contribution >= 0.6 is 0 Å². The van der Waals surface area contributed by atoms with Gasteiger partial charge < -0.3 is 33.5 Å². The van der Waals surface area contributed by atoms with Crippen LogP contribution in [-0.2, 0) is 18.4 Å². The number of aromatic nitrogens is 1. The number of hydrogen-bond donors (Lipinski definition) is 0. The maximum atomic E-state index is 13.6. The molecule has 1 aromatic heterocycles. The summed E-state index contributed by atoms with van der Waals surface area (Å²) in [6.45, 7) is 7.41. The summed E-state index contributed by atoms with van der Waals surface area (Å²) in [5.74, 6) is 0.646. The van der Waals surface area contributed by atoms with Crippen LogP contribution in [0.3, 0.4) is 0 Å². The lowest BCUT2D eigenvalue weighted by Crippen LogP contribution is -3.00. The monoisotopic (exact) mass is 820 g/mol. The number of benzene rings is 1. The van der Waals surface area contributed by atoms with Gasteiger partial charge in [0.1, 0.15) is 13.6 Å². The summed E-state index contributed by atoms with van der Waals surface area (Å²) in [5.41, 5.74) is 1.31. The minimum absolute atomic E-state index is 0.